The highest BCUT2D eigenvalue weighted by Gasteiger charge is 2.59. The van der Waals surface area contributed by atoms with E-state index in [0.29, 0.717) is 31.9 Å². The fraction of sp³-hybridized carbons (Fsp3) is 0.615. The number of hydrogen-bond acceptors (Lipinski definition) is 10. The van der Waals surface area contributed by atoms with Crippen LogP contribution in [0, 0.1) is 11.8 Å². The first-order valence-corrected chi connectivity index (χ1v) is 26.4. The van der Waals surface area contributed by atoms with Crippen LogP contribution in [0.5, 0.6) is 17.2 Å². The second-order valence-electron chi connectivity index (χ2n) is 19.3. The van der Waals surface area contributed by atoms with Gasteiger partial charge in [0.2, 0.25) is 0 Å². The van der Waals surface area contributed by atoms with Crippen LogP contribution in [0.2, 0.25) is 18.1 Å². The standard InChI is InChI=1S/C52H77ClO10Si/c1-35(2)30-45-49(59-33-39-19-25-42(55-9)26-20-39)47(58-32-38-17-23-41(54-8)24-18-38)37(4)48(61-45)50(60-34-40-21-27-43(56-10)28-22-40)52(57-11)31-46(63-64(12,13)51(5,6)7)36(3)44(62-52)16-14-15-29-53/h17-28,36-37,44-50H,1,14-16,29-34H2,2-13H3/t36-,37+,44+,45+,46-,47+,48+,49+,50-,52+/m0/s1. The van der Waals surface area contributed by atoms with Crippen LogP contribution in [0.4, 0.5) is 0 Å². The molecule has 0 aliphatic carbocycles. The average molecular weight is 926 g/mol. The summed E-state index contributed by atoms with van der Waals surface area (Å²) in [7, 11) is 4.47. The normalized spacial score (nSPS) is 26.9. The molecule has 2 heterocycles. The number of benzene rings is 3. The summed E-state index contributed by atoms with van der Waals surface area (Å²) in [5.41, 5.74) is 3.96. The van der Waals surface area contributed by atoms with Gasteiger partial charge >= 0.3 is 0 Å². The molecule has 0 saturated carbocycles. The van der Waals surface area contributed by atoms with Crippen molar-refractivity contribution in [1.82, 2.24) is 0 Å². The molecular formula is C52H77ClO10Si. The molecule has 2 fully saturated rings. The van der Waals surface area contributed by atoms with Crippen LogP contribution < -0.4 is 14.2 Å². The van der Waals surface area contributed by atoms with Gasteiger partial charge in [-0.1, -0.05) is 76.6 Å². The zero-order valence-corrected chi connectivity index (χ0v) is 42.4. The van der Waals surface area contributed by atoms with Crippen molar-refractivity contribution in [3.05, 3.63) is 102 Å². The van der Waals surface area contributed by atoms with Gasteiger partial charge in [0.05, 0.1) is 71.7 Å². The number of unbranched alkanes of at least 4 members (excludes halogenated alkanes) is 1. The highest BCUT2D eigenvalue weighted by Crippen LogP contribution is 2.48. The quantitative estimate of drug-likeness (QED) is 0.0396. The molecule has 0 amide bonds. The maximum atomic E-state index is 7.42. The fourth-order valence-electron chi connectivity index (χ4n) is 8.63. The Morgan fingerprint density at radius 1 is 0.750 bits per heavy atom. The number of ether oxygens (including phenoxy) is 9. The molecule has 0 radical (unpaired) electrons. The molecular weight excluding hydrogens is 848 g/mol. The summed E-state index contributed by atoms with van der Waals surface area (Å²) in [6.45, 7) is 23.3. The molecule has 2 aliphatic heterocycles. The second kappa shape index (κ2) is 23.7. The van der Waals surface area contributed by atoms with E-state index in [1.807, 2.05) is 79.7 Å². The molecule has 0 unspecified atom stereocenters. The zero-order chi connectivity index (χ0) is 46.7. The van der Waals surface area contributed by atoms with Crippen LogP contribution in [-0.4, -0.2) is 91.2 Å². The van der Waals surface area contributed by atoms with E-state index >= 15 is 0 Å². The molecule has 12 heteroatoms. The Hall–Kier alpha value is -2.97. The monoisotopic (exact) mass is 924 g/mol. The number of hydrogen-bond donors (Lipinski definition) is 0. The summed E-state index contributed by atoms with van der Waals surface area (Å²) in [5, 5.41) is -0.00875. The number of methoxy groups -OCH3 is 4. The molecule has 3 aromatic carbocycles. The molecule has 10 atom stereocenters. The summed E-state index contributed by atoms with van der Waals surface area (Å²) in [6.07, 6.45) is 0.574. The van der Waals surface area contributed by atoms with Gasteiger partial charge in [-0.3, -0.25) is 0 Å². The van der Waals surface area contributed by atoms with Gasteiger partial charge in [0, 0.05) is 31.2 Å². The maximum absolute atomic E-state index is 7.42. The average Bonchev–Trinajstić information content (AvgIpc) is 3.27. The zero-order valence-electron chi connectivity index (χ0n) is 40.7. The highest BCUT2D eigenvalue weighted by molar-refractivity contribution is 6.74. The Morgan fingerprint density at radius 2 is 1.25 bits per heavy atom. The minimum Gasteiger partial charge on any atom is -0.497 e. The summed E-state index contributed by atoms with van der Waals surface area (Å²) >= 11 is 6.25. The maximum Gasteiger partial charge on any atom is 0.199 e. The third-order valence-electron chi connectivity index (χ3n) is 13.6. The minimum atomic E-state index is -2.26. The summed E-state index contributed by atoms with van der Waals surface area (Å²) < 4.78 is 66.6. The minimum absolute atomic E-state index is 0.00875. The molecule has 0 N–H and O–H groups in total. The highest BCUT2D eigenvalue weighted by atomic mass is 35.5. The fourth-order valence-corrected chi connectivity index (χ4v) is 10.2. The number of rotatable bonds is 23. The lowest BCUT2D eigenvalue weighted by Gasteiger charge is -2.55. The molecule has 5 rings (SSSR count). The van der Waals surface area contributed by atoms with Gasteiger partial charge in [-0.25, -0.2) is 0 Å². The van der Waals surface area contributed by atoms with E-state index in [-0.39, 0.29) is 35.7 Å². The molecule has 0 aromatic heterocycles. The SMILES string of the molecule is C=C(C)C[C@H]1O[C@@H]([C@H](OCc2ccc(OC)cc2)[C@@]2(OC)C[C@H](O[Si](C)(C)C(C)(C)C)[C@@H](C)[C@@H](CCCCCl)O2)[C@H](C)[C@@H](OCc2ccc(OC)cc2)[C@@H]1OCc1ccc(OC)cc1. The molecule has 10 nitrogen and oxygen atoms in total. The van der Waals surface area contributed by atoms with Crippen molar-refractivity contribution in [3.8, 4) is 17.2 Å². The predicted octanol–water partition coefficient (Wildman–Crippen LogP) is 11.7. The lowest BCUT2D eigenvalue weighted by Crippen LogP contribution is -2.67. The Labute approximate surface area is 390 Å². The van der Waals surface area contributed by atoms with E-state index in [4.69, 9.17) is 58.7 Å². The van der Waals surface area contributed by atoms with Crippen LogP contribution in [0.25, 0.3) is 0 Å². The Kier molecular flexibility index (Phi) is 19.2. The molecule has 2 aliphatic rings. The molecule has 2 saturated heterocycles. The summed E-state index contributed by atoms with van der Waals surface area (Å²) in [6, 6.07) is 23.9. The van der Waals surface area contributed by atoms with E-state index in [0.717, 1.165) is 58.8 Å². The lowest BCUT2D eigenvalue weighted by molar-refractivity contribution is -0.368. The van der Waals surface area contributed by atoms with E-state index in [9.17, 15) is 0 Å². The second-order valence-corrected chi connectivity index (χ2v) is 24.5. The Morgan fingerprint density at radius 3 is 1.70 bits per heavy atom. The van der Waals surface area contributed by atoms with Crippen molar-refractivity contribution in [2.75, 3.05) is 34.3 Å². The van der Waals surface area contributed by atoms with Crippen molar-refractivity contribution in [1.29, 1.82) is 0 Å². The van der Waals surface area contributed by atoms with Gasteiger partial charge in [0.25, 0.3) is 0 Å². The lowest BCUT2D eigenvalue weighted by atomic mass is 9.78. The summed E-state index contributed by atoms with van der Waals surface area (Å²) in [4.78, 5) is 0. The van der Waals surface area contributed by atoms with Gasteiger partial charge in [0.1, 0.15) is 29.5 Å². The van der Waals surface area contributed by atoms with E-state index in [1.54, 1.807) is 28.4 Å². The van der Waals surface area contributed by atoms with Crippen LogP contribution in [-0.2, 0) is 52.7 Å². The van der Waals surface area contributed by atoms with Crippen molar-refractivity contribution in [2.45, 2.75) is 160 Å². The molecule has 0 bridgehead atoms. The molecule has 64 heavy (non-hydrogen) atoms. The van der Waals surface area contributed by atoms with E-state index in [1.165, 1.54) is 0 Å². The van der Waals surface area contributed by atoms with Crippen molar-refractivity contribution in [2.24, 2.45) is 11.8 Å². The van der Waals surface area contributed by atoms with Crippen LogP contribution >= 0.6 is 11.6 Å². The summed E-state index contributed by atoms with van der Waals surface area (Å²) in [5.74, 6) is 1.48. The molecule has 0 spiro atoms. The van der Waals surface area contributed by atoms with Crippen molar-refractivity contribution in [3.63, 3.8) is 0 Å². The topological polar surface area (TPSA) is 92.3 Å². The number of halogens is 1. The first kappa shape index (κ1) is 52.0. The van der Waals surface area contributed by atoms with Gasteiger partial charge in [-0.05, 0) is 104 Å². The Bertz CT molecular complexity index is 1850. The van der Waals surface area contributed by atoms with E-state index in [2.05, 4.69) is 54.3 Å². The molecule has 3 aromatic rings. The smallest absolute Gasteiger partial charge is 0.199 e. The van der Waals surface area contributed by atoms with Crippen LogP contribution in [0.3, 0.4) is 0 Å². The predicted molar refractivity (Wildman–Crippen MR) is 257 cm³/mol. The van der Waals surface area contributed by atoms with E-state index < -0.39 is 44.6 Å². The van der Waals surface area contributed by atoms with Gasteiger partial charge < -0.3 is 47.1 Å². The molecule has 356 valence electrons. The number of alkyl halides is 1. The van der Waals surface area contributed by atoms with Gasteiger partial charge in [0.15, 0.2) is 14.1 Å². The first-order valence-electron chi connectivity index (χ1n) is 23.0. The first-order chi connectivity index (χ1) is 30.5. The third-order valence-corrected chi connectivity index (χ3v) is 18.4. The van der Waals surface area contributed by atoms with Crippen LogP contribution in [0.15, 0.2) is 84.9 Å². The third kappa shape index (κ3) is 13.3. The van der Waals surface area contributed by atoms with Crippen molar-refractivity contribution >= 4 is 19.9 Å². The van der Waals surface area contributed by atoms with Gasteiger partial charge in [-0.2, -0.15) is 0 Å². The van der Waals surface area contributed by atoms with Gasteiger partial charge in [-0.15, -0.1) is 18.2 Å². The largest absolute Gasteiger partial charge is 0.497 e. The van der Waals surface area contributed by atoms with Crippen LogP contribution in [0.1, 0.15) is 90.3 Å². The Balaban J connectivity index is 1.61. The van der Waals surface area contributed by atoms with Crippen molar-refractivity contribution < 1.29 is 47.1 Å².